The number of halogens is 2. The van der Waals surface area contributed by atoms with Crippen molar-refractivity contribution in [3.8, 4) is 5.75 Å². The third kappa shape index (κ3) is 4.22. The average Bonchev–Trinajstić information content (AvgIpc) is 2.08. The van der Waals surface area contributed by atoms with E-state index in [1.165, 1.54) is 0 Å². The first-order chi connectivity index (χ1) is 6.99. The number of carbonyl (C=O) groups is 1. The summed E-state index contributed by atoms with van der Waals surface area (Å²) in [6, 6.07) is 5.39. The largest absolute Gasteiger partial charge is 0.489 e. The van der Waals surface area contributed by atoms with Crippen LogP contribution in [0.15, 0.2) is 22.7 Å². The Morgan fingerprint density at radius 1 is 1.60 bits per heavy atom. The molecule has 0 saturated carbocycles. The van der Waals surface area contributed by atoms with Crippen LogP contribution < -0.4 is 4.74 Å². The van der Waals surface area contributed by atoms with Crippen LogP contribution in [0.5, 0.6) is 5.75 Å². The predicted octanol–water partition coefficient (Wildman–Crippen LogP) is 3.85. The number of benzene rings is 1. The fourth-order valence-corrected chi connectivity index (χ4v) is 1.95. The summed E-state index contributed by atoms with van der Waals surface area (Å²) in [5.41, 5.74) is 0. The first-order valence-corrected chi connectivity index (χ1v) is 5.77. The highest BCUT2D eigenvalue weighted by Crippen LogP contribution is 2.28. The summed E-state index contributed by atoms with van der Waals surface area (Å²) in [7, 11) is 0. The highest BCUT2D eigenvalue weighted by atomic mass is 79.9. The van der Waals surface area contributed by atoms with Gasteiger partial charge in [0.05, 0.1) is 5.02 Å². The molecule has 4 heteroatoms. The van der Waals surface area contributed by atoms with E-state index < -0.39 is 0 Å². The molecule has 1 atom stereocenters. The monoisotopic (exact) mass is 290 g/mol. The third-order valence-corrected chi connectivity index (χ3v) is 2.59. The minimum atomic E-state index is -0.152. The van der Waals surface area contributed by atoms with Crippen molar-refractivity contribution in [3.05, 3.63) is 27.7 Å². The molecule has 2 nitrogen and oxygen atoms in total. The van der Waals surface area contributed by atoms with Gasteiger partial charge in [-0.15, -0.1) is 0 Å². The van der Waals surface area contributed by atoms with Crippen LogP contribution in [-0.2, 0) is 4.79 Å². The summed E-state index contributed by atoms with van der Waals surface area (Å²) in [6.07, 6.45) is 0.244. The highest BCUT2D eigenvalue weighted by Gasteiger charge is 2.09. The molecule has 0 radical (unpaired) electrons. The lowest BCUT2D eigenvalue weighted by Gasteiger charge is -2.14. The maximum atomic E-state index is 10.9. The lowest BCUT2D eigenvalue weighted by Crippen LogP contribution is -2.15. The lowest BCUT2D eigenvalue weighted by atomic mass is 10.2. The molecule has 0 saturated heterocycles. The Hall–Kier alpha value is -0.540. The van der Waals surface area contributed by atoms with Crippen LogP contribution in [0.25, 0.3) is 0 Å². The number of rotatable bonds is 4. The maximum Gasteiger partial charge on any atom is 0.138 e. The van der Waals surface area contributed by atoms with Crippen molar-refractivity contribution in [1.29, 1.82) is 0 Å². The zero-order valence-electron chi connectivity index (χ0n) is 8.59. The molecule has 0 N–H and O–H groups in total. The second-order valence-corrected chi connectivity index (χ2v) is 4.73. The Balaban J connectivity index is 2.68. The van der Waals surface area contributed by atoms with Crippen LogP contribution >= 0.6 is 27.5 Å². The first-order valence-electron chi connectivity index (χ1n) is 4.60. The van der Waals surface area contributed by atoms with E-state index in [1.807, 2.05) is 13.0 Å². The fraction of sp³-hybridized carbons (Fsp3) is 0.364. The third-order valence-electron chi connectivity index (χ3n) is 1.80. The van der Waals surface area contributed by atoms with Gasteiger partial charge in [-0.25, -0.2) is 0 Å². The van der Waals surface area contributed by atoms with Crippen LogP contribution in [0, 0.1) is 0 Å². The van der Waals surface area contributed by atoms with Gasteiger partial charge >= 0.3 is 0 Å². The number of hydrogen-bond donors (Lipinski definition) is 0. The number of Topliss-reactive ketones (excluding diaryl/α,β-unsaturated/α-hetero) is 1. The Morgan fingerprint density at radius 3 is 2.80 bits per heavy atom. The molecule has 1 aromatic rings. The average molecular weight is 292 g/mol. The van der Waals surface area contributed by atoms with E-state index in [4.69, 9.17) is 16.3 Å². The quantitative estimate of drug-likeness (QED) is 0.842. The lowest BCUT2D eigenvalue weighted by molar-refractivity contribution is -0.118. The molecule has 1 aromatic carbocycles. The Bertz CT molecular complexity index is 366. The van der Waals surface area contributed by atoms with E-state index in [1.54, 1.807) is 19.1 Å². The molecule has 15 heavy (non-hydrogen) atoms. The van der Waals surface area contributed by atoms with E-state index >= 15 is 0 Å². The molecule has 0 aromatic heterocycles. The molecule has 1 rings (SSSR count). The molecule has 0 amide bonds. The van der Waals surface area contributed by atoms with Crippen molar-refractivity contribution in [2.24, 2.45) is 0 Å². The van der Waals surface area contributed by atoms with Crippen molar-refractivity contribution in [3.63, 3.8) is 0 Å². The van der Waals surface area contributed by atoms with Gasteiger partial charge in [-0.1, -0.05) is 27.5 Å². The van der Waals surface area contributed by atoms with Crippen LogP contribution in [0.3, 0.4) is 0 Å². The molecular formula is C11H12BrClO2. The SMILES string of the molecule is CC(=O)CC(C)Oc1ccc(Br)cc1Cl. The van der Waals surface area contributed by atoms with Crippen LogP contribution in [0.1, 0.15) is 20.3 Å². The predicted molar refractivity (Wildman–Crippen MR) is 64.5 cm³/mol. The van der Waals surface area contributed by atoms with Gasteiger partial charge in [0.1, 0.15) is 17.6 Å². The minimum Gasteiger partial charge on any atom is -0.489 e. The highest BCUT2D eigenvalue weighted by molar-refractivity contribution is 9.10. The molecule has 0 bridgehead atoms. The van der Waals surface area contributed by atoms with Gasteiger partial charge in [0.15, 0.2) is 0 Å². The van der Waals surface area contributed by atoms with Crippen LogP contribution in [-0.4, -0.2) is 11.9 Å². The van der Waals surface area contributed by atoms with Gasteiger partial charge in [-0.3, -0.25) is 4.79 Å². The van der Waals surface area contributed by atoms with E-state index in [0.717, 1.165) is 4.47 Å². The van der Waals surface area contributed by atoms with E-state index in [9.17, 15) is 4.79 Å². The molecule has 0 heterocycles. The molecule has 82 valence electrons. The number of ether oxygens (including phenoxy) is 1. The number of ketones is 1. The summed E-state index contributed by atoms with van der Waals surface area (Å²) in [4.78, 5) is 10.9. The zero-order valence-corrected chi connectivity index (χ0v) is 10.9. The molecule has 0 fully saturated rings. The second kappa shape index (κ2) is 5.52. The van der Waals surface area contributed by atoms with Gasteiger partial charge < -0.3 is 4.74 Å². The van der Waals surface area contributed by atoms with Crippen LogP contribution in [0.4, 0.5) is 0 Å². The molecule has 0 aliphatic rings. The Labute approximate surface area is 103 Å². The fourth-order valence-electron chi connectivity index (χ4n) is 1.23. The van der Waals surface area contributed by atoms with Crippen molar-refractivity contribution in [2.75, 3.05) is 0 Å². The van der Waals surface area contributed by atoms with Gasteiger partial charge in [-0.05, 0) is 32.0 Å². The summed E-state index contributed by atoms with van der Waals surface area (Å²) in [6.45, 7) is 3.39. The van der Waals surface area contributed by atoms with Gasteiger partial charge in [0.25, 0.3) is 0 Å². The minimum absolute atomic E-state index is 0.107. The van der Waals surface area contributed by atoms with Crippen LogP contribution in [0.2, 0.25) is 5.02 Å². The van der Waals surface area contributed by atoms with E-state index in [0.29, 0.717) is 17.2 Å². The van der Waals surface area contributed by atoms with Gasteiger partial charge in [0, 0.05) is 10.9 Å². The Morgan fingerprint density at radius 2 is 2.27 bits per heavy atom. The summed E-state index contributed by atoms with van der Waals surface area (Å²) in [5.74, 6) is 0.712. The molecule has 0 aliphatic carbocycles. The summed E-state index contributed by atoms with van der Waals surface area (Å²) >= 11 is 9.28. The van der Waals surface area contributed by atoms with E-state index in [2.05, 4.69) is 15.9 Å². The molecule has 0 spiro atoms. The summed E-state index contributed by atoms with van der Waals surface area (Å²) in [5, 5.41) is 0.541. The van der Waals surface area contributed by atoms with Gasteiger partial charge in [-0.2, -0.15) is 0 Å². The maximum absolute atomic E-state index is 10.9. The zero-order chi connectivity index (χ0) is 11.4. The van der Waals surface area contributed by atoms with Crippen molar-refractivity contribution >= 4 is 33.3 Å². The number of carbonyl (C=O) groups excluding carboxylic acids is 1. The second-order valence-electron chi connectivity index (χ2n) is 3.41. The van der Waals surface area contributed by atoms with Crippen molar-refractivity contribution in [1.82, 2.24) is 0 Å². The molecule has 1 unspecified atom stereocenters. The molecular weight excluding hydrogens is 279 g/mol. The van der Waals surface area contributed by atoms with E-state index in [-0.39, 0.29) is 11.9 Å². The molecule has 0 aliphatic heterocycles. The standard InChI is InChI=1S/C11H12BrClO2/c1-7(14)5-8(2)15-11-4-3-9(12)6-10(11)13/h3-4,6,8H,5H2,1-2H3. The smallest absolute Gasteiger partial charge is 0.138 e. The van der Waals surface area contributed by atoms with Crippen molar-refractivity contribution < 1.29 is 9.53 Å². The van der Waals surface area contributed by atoms with Crippen molar-refractivity contribution in [2.45, 2.75) is 26.4 Å². The number of hydrogen-bond acceptors (Lipinski definition) is 2. The van der Waals surface area contributed by atoms with Gasteiger partial charge in [0.2, 0.25) is 0 Å². The summed E-state index contributed by atoms with van der Waals surface area (Å²) < 4.78 is 6.44. The normalized spacial score (nSPS) is 12.3. The first kappa shape index (κ1) is 12.5. The topological polar surface area (TPSA) is 26.3 Å². The Kier molecular flexibility index (Phi) is 4.61.